The minimum Gasteiger partial charge on any atom is -0.378 e. The average molecular weight is 254 g/mol. The Labute approximate surface area is 97.9 Å². The number of halogens is 3. The van der Waals surface area contributed by atoms with Gasteiger partial charge in [0.2, 0.25) is 5.91 Å². The maximum absolute atomic E-state index is 11.8. The van der Waals surface area contributed by atoms with Crippen LogP contribution in [0.1, 0.15) is 19.3 Å². The zero-order chi connectivity index (χ0) is 12.7. The van der Waals surface area contributed by atoms with E-state index in [4.69, 9.17) is 4.74 Å². The first-order valence-electron chi connectivity index (χ1n) is 5.62. The highest BCUT2D eigenvalue weighted by atomic mass is 19.4. The molecule has 1 rings (SSSR count). The van der Waals surface area contributed by atoms with Crippen LogP contribution in [0.5, 0.6) is 0 Å². The van der Waals surface area contributed by atoms with Crippen LogP contribution in [0, 0.1) is 0 Å². The van der Waals surface area contributed by atoms with E-state index in [1.54, 1.807) is 0 Å². The number of alkyl halides is 3. The van der Waals surface area contributed by atoms with Crippen molar-refractivity contribution < 1.29 is 22.7 Å². The molecular formula is C10H17F3N2O2. The van der Waals surface area contributed by atoms with Crippen LogP contribution in [0.4, 0.5) is 13.2 Å². The van der Waals surface area contributed by atoms with Crippen molar-refractivity contribution in [3.8, 4) is 0 Å². The molecule has 0 aromatic rings. The van der Waals surface area contributed by atoms with E-state index in [0.29, 0.717) is 19.8 Å². The van der Waals surface area contributed by atoms with Crippen LogP contribution in [0.2, 0.25) is 0 Å². The lowest BCUT2D eigenvalue weighted by Crippen LogP contribution is -2.44. The minimum atomic E-state index is -4.15. The Morgan fingerprint density at radius 2 is 2.24 bits per heavy atom. The first kappa shape index (κ1) is 14.2. The molecule has 0 bridgehead atoms. The van der Waals surface area contributed by atoms with Crippen molar-refractivity contribution in [2.45, 2.75) is 31.5 Å². The van der Waals surface area contributed by atoms with Crippen molar-refractivity contribution in [2.24, 2.45) is 0 Å². The Hall–Kier alpha value is -0.820. The molecule has 0 aromatic carbocycles. The molecule has 0 aliphatic carbocycles. The molecule has 1 saturated heterocycles. The topological polar surface area (TPSA) is 50.4 Å². The van der Waals surface area contributed by atoms with E-state index in [1.165, 1.54) is 0 Å². The van der Waals surface area contributed by atoms with Crippen LogP contribution in [-0.2, 0) is 9.53 Å². The summed E-state index contributed by atoms with van der Waals surface area (Å²) < 4.78 is 40.6. The van der Waals surface area contributed by atoms with Gasteiger partial charge < -0.3 is 15.4 Å². The summed E-state index contributed by atoms with van der Waals surface area (Å²) in [6.07, 6.45) is -4.85. The van der Waals surface area contributed by atoms with Gasteiger partial charge in [-0.1, -0.05) is 0 Å². The maximum Gasteiger partial charge on any atom is 0.389 e. The molecule has 1 atom stereocenters. The van der Waals surface area contributed by atoms with Crippen molar-refractivity contribution >= 4 is 5.91 Å². The first-order chi connectivity index (χ1) is 7.97. The molecule has 0 radical (unpaired) electrons. The third-order valence-electron chi connectivity index (χ3n) is 2.39. The van der Waals surface area contributed by atoms with E-state index in [0.717, 1.165) is 0 Å². The fraction of sp³-hybridized carbons (Fsp3) is 0.900. The minimum absolute atomic E-state index is 0.0358. The number of nitrogens with one attached hydrogen (secondary N) is 2. The summed E-state index contributed by atoms with van der Waals surface area (Å²) in [6, 6.07) is -0.0358. The Kier molecular flexibility index (Phi) is 5.70. The molecule has 4 nitrogen and oxygen atoms in total. The Morgan fingerprint density at radius 1 is 1.47 bits per heavy atom. The fourth-order valence-corrected chi connectivity index (χ4v) is 1.56. The lowest BCUT2D eigenvalue weighted by atomic mass is 10.2. The highest BCUT2D eigenvalue weighted by molar-refractivity contribution is 5.76. The van der Waals surface area contributed by atoms with E-state index < -0.39 is 12.6 Å². The van der Waals surface area contributed by atoms with E-state index >= 15 is 0 Å². The zero-order valence-electron chi connectivity index (χ0n) is 9.48. The van der Waals surface area contributed by atoms with Gasteiger partial charge in [-0.25, -0.2) is 0 Å². The molecule has 17 heavy (non-hydrogen) atoms. The molecule has 1 heterocycles. The summed E-state index contributed by atoms with van der Waals surface area (Å²) in [5.41, 5.74) is 0. The van der Waals surface area contributed by atoms with Gasteiger partial charge in [0.1, 0.15) is 0 Å². The van der Waals surface area contributed by atoms with Crippen LogP contribution in [0.15, 0.2) is 0 Å². The summed E-state index contributed by atoms with van der Waals surface area (Å²) in [5, 5.41) is 5.57. The lowest BCUT2D eigenvalue weighted by Gasteiger charge is -2.23. The van der Waals surface area contributed by atoms with Crippen molar-refractivity contribution in [1.82, 2.24) is 10.6 Å². The molecule has 0 aromatic heterocycles. The first-order valence-corrected chi connectivity index (χ1v) is 5.62. The van der Waals surface area contributed by atoms with Crippen LogP contribution in [0.25, 0.3) is 0 Å². The summed E-state index contributed by atoms with van der Waals surface area (Å²) in [4.78, 5) is 11.3. The SMILES string of the molecule is O=C(CC1COCCN1)NCCCC(F)(F)F. The quantitative estimate of drug-likeness (QED) is 0.714. The van der Waals surface area contributed by atoms with Gasteiger partial charge >= 0.3 is 6.18 Å². The summed E-state index contributed by atoms with van der Waals surface area (Å²) in [6.45, 7) is 1.86. The molecule has 1 aliphatic heterocycles. The van der Waals surface area contributed by atoms with Crippen molar-refractivity contribution in [1.29, 1.82) is 0 Å². The number of hydrogen-bond acceptors (Lipinski definition) is 3. The van der Waals surface area contributed by atoms with Gasteiger partial charge in [0, 0.05) is 32.0 Å². The smallest absolute Gasteiger partial charge is 0.378 e. The summed E-state index contributed by atoms with van der Waals surface area (Å²) in [5.74, 6) is -0.241. The normalized spacial score (nSPS) is 21.2. The van der Waals surface area contributed by atoms with Crippen molar-refractivity contribution in [3.05, 3.63) is 0 Å². The molecule has 0 saturated carbocycles. The van der Waals surface area contributed by atoms with Crippen LogP contribution in [0.3, 0.4) is 0 Å². The molecule has 1 fully saturated rings. The van der Waals surface area contributed by atoms with E-state index in [2.05, 4.69) is 10.6 Å². The second kappa shape index (κ2) is 6.80. The molecule has 1 unspecified atom stereocenters. The Bertz CT molecular complexity index is 240. The molecular weight excluding hydrogens is 237 g/mol. The molecule has 1 amide bonds. The maximum atomic E-state index is 11.8. The predicted octanol–water partition coefficient (Wildman–Crippen LogP) is 0.824. The molecule has 1 aliphatic rings. The van der Waals surface area contributed by atoms with E-state index in [1.807, 2.05) is 0 Å². The average Bonchev–Trinajstić information content (AvgIpc) is 2.25. The number of amides is 1. The third-order valence-corrected chi connectivity index (χ3v) is 2.39. The largest absolute Gasteiger partial charge is 0.389 e. The molecule has 0 spiro atoms. The number of morpholine rings is 1. The van der Waals surface area contributed by atoms with Gasteiger partial charge in [0.05, 0.1) is 13.2 Å². The van der Waals surface area contributed by atoms with Crippen LogP contribution < -0.4 is 10.6 Å². The standard InChI is InChI=1S/C10H17F3N2O2/c11-10(12,13)2-1-3-15-9(16)6-8-7-17-5-4-14-8/h8,14H,1-7H2,(H,15,16). The lowest BCUT2D eigenvalue weighted by molar-refractivity contribution is -0.136. The Morgan fingerprint density at radius 3 is 2.82 bits per heavy atom. The number of ether oxygens (including phenoxy) is 1. The van der Waals surface area contributed by atoms with Crippen LogP contribution >= 0.6 is 0 Å². The monoisotopic (exact) mass is 254 g/mol. The summed E-state index contributed by atoms with van der Waals surface area (Å²) >= 11 is 0. The highest BCUT2D eigenvalue weighted by Gasteiger charge is 2.26. The molecule has 2 N–H and O–H groups in total. The van der Waals surface area contributed by atoms with E-state index in [9.17, 15) is 18.0 Å². The van der Waals surface area contributed by atoms with Gasteiger partial charge in [0.15, 0.2) is 0 Å². The van der Waals surface area contributed by atoms with Gasteiger partial charge in [0.25, 0.3) is 0 Å². The van der Waals surface area contributed by atoms with Gasteiger partial charge in [-0.05, 0) is 6.42 Å². The second-order valence-corrected chi connectivity index (χ2v) is 4.00. The van der Waals surface area contributed by atoms with Crippen LogP contribution in [-0.4, -0.2) is 44.4 Å². The predicted molar refractivity (Wildman–Crippen MR) is 55.5 cm³/mol. The number of carbonyl (C=O) groups is 1. The van der Waals surface area contributed by atoms with Gasteiger partial charge in [-0.2, -0.15) is 13.2 Å². The van der Waals surface area contributed by atoms with Gasteiger partial charge in [-0.3, -0.25) is 4.79 Å². The number of hydrogen-bond donors (Lipinski definition) is 2. The third kappa shape index (κ3) is 7.17. The zero-order valence-corrected chi connectivity index (χ0v) is 9.48. The molecule has 7 heteroatoms. The van der Waals surface area contributed by atoms with E-state index in [-0.39, 0.29) is 31.3 Å². The van der Waals surface area contributed by atoms with Gasteiger partial charge in [-0.15, -0.1) is 0 Å². The van der Waals surface area contributed by atoms with Crippen molar-refractivity contribution in [2.75, 3.05) is 26.3 Å². The fourth-order valence-electron chi connectivity index (χ4n) is 1.56. The second-order valence-electron chi connectivity index (χ2n) is 4.00. The Balaban J connectivity index is 2.04. The molecule has 100 valence electrons. The number of carbonyl (C=O) groups excluding carboxylic acids is 1. The van der Waals surface area contributed by atoms with Crippen molar-refractivity contribution in [3.63, 3.8) is 0 Å². The summed E-state index contributed by atoms with van der Waals surface area (Å²) in [7, 11) is 0. The number of rotatable bonds is 5. The highest BCUT2D eigenvalue weighted by Crippen LogP contribution is 2.20.